The summed E-state index contributed by atoms with van der Waals surface area (Å²) in [6.45, 7) is 2.06. The summed E-state index contributed by atoms with van der Waals surface area (Å²) in [4.78, 5) is 27.6. The van der Waals surface area contributed by atoms with Crippen LogP contribution in [-0.2, 0) is 6.42 Å². The maximum absolute atomic E-state index is 11.7. The van der Waals surface area contributed by atoms with Crippen LogP contribution in [0.1, 0.15) is 43.6 Å². The number of nitrogen functional groups attached to an aromatic ring is 1. The van der Waals surface area contributed by atoms with Crippen LogP contribution in [0.25, 0.3) is 0 Å². The Kier molecular flexibility index (Phi) is 3.92. The summed E-state index contributed by atoms with van der Waals surface area (Å²) >= 11 is 1.32. The van der Waals surface area contributed by atoms with Crippen LogP contribution >= 0.6 is 11.8 Å². The second-order valence-electron chi connectivity index (χ2n) is 5.16. The van der Waals surface area contributed by atoms with Gasteiger partial charge in [-0.3, -0.25) is 4.79 Å². The van der Waals surface area contributed by atoms with E-state index in [0.717, 1.165) is 42.2 Å². The van der Waals surface area contributed by atoms with Gasteiger partial charge in [-0.05, 0) is 31.0 Å². The lowest BCUT2D eigenvalue weighted by atomic mass is 10.2. The molecular formula is C14H17N5OS. The lowest BCUT2D eigenvalue weighted by Crippen LogP contribution is -2.10. The van der Waals surface area contributed by atoms with E-state index in [-0.39, 0.29) is 5.56 Å². The van der Waals surface area contributed by atoms with E-state index in [4.69, 9.17) is 5.73 Å². The first-order valence-electron chi connectivity index (χ1n) is 7.06. The Morgan fingerprint density at radius 1 is 1.33 bits per heavy atom. The molecule has 2 aromatic rings. The molecular weight excluding hydrogens is 286 g/mol. The minimum atomic E-state index is -0.139. The van der Waals surface area contributed by atoms with Crippen molar-refractivity contribution in [2.75, 3.05) is 5.73 Å². The van der Waals surface area contributed by atoms with E-state index in [9.17, 15) is 4.79 Å². The van der Waals surface area contributed by atoms with Crippen molar-refractivity contribution >= 4 is 17.6 Å². The summed E-state index contributed by atoms with van der Waals surface area (Å²) in [6.07, 6.45) is 3.98. The van der Waals surface area contributed by atoms with Crippen molar-refractivity contribution in [3.63, 3.8) is 0 Å². The Morgan fingerprint density at radius 2 is 2.14 bits per heavy atom. The molecule has 0 atom stereocenters. The SMILES string of the molecule is CCCc1cc(=O)[nH]c(Sc2cc(N)nc(C3CC3)n2)n1. The molecule has 1 fully saturated rings. The zero-order chi connectivity index (χ0) is 14.8. The third-order valence-electron chi connectivity index (χ3n) is 3.16. The average Bonchev–Trinajstić information content (AvgIpc) is 3.21. The van der Waals surface area contributed by atoms with Crippen LogP contribution in [0.3, 0.4) is 0 Å². The second kappa shape index (κ2) is 5.85. The van der Waals surface area contributed by atoms with Crippen molar-refractivity contribution in [2.45, 2.75) is 48.7 Å². The van der Waals surface area contributed by atoms with Crippen LogP contribution in [0.4, 0.5) is 5.82 Å². The molecule has 1 saturated carbocycles. The highest BCUT2D eigenvalue weighted by Crippen LogP contribution is 2.39. The predicted molar refractivity (Wildman–Crippen MR) is 81.4 cm³/mol. The predicted octanol–water partition coefficient (Wildman–Crippen LogP) is 2.12. The number of hydrogen-bond acceptors (Lipinski definition) is 6. The van der Waals surface area contributed by atoms with Gasteiger partial charge in [0, 0.05) is 23.7 Å². The summed E-state index contributed by atoms with van der Waals surface area (Å²) in [6, 6.07) is 3.25. The van der Waals surface area contributed by atoms with Gasteiger partial charge >= 0.3 is 0 Å². The van der Waals surface area contributed by atoms with Crippen molar-refractivity contribution in [1.29, 1.82) is 0 Å². The molecule has 0 aromatic carbocycles. The Bertz CT molecular complexity index is 711. The third kappa shape index (κ3) is 3.60. The summed E-state index contributed by atoms with van der Waals surface area (Å²) in [5, 5.41) is 1.27. The Labute approximate surface area is 126 Å². The van der Waals surface area contributed by atoms with E-state index in [1.165, 1.54) is 17.8 Å². The molecule has 3 N–H and O–H groups in total. The standard InChI is InChI=1S/C14H17N5OS/c1-2-3-9-6-11(20)18-14(16-9)21-12-7-10(15)17-13(19-12)8-4-5-8/h6-8H,2-5H2,1H3,(H2,15,17,19)(H,16,18,20). The molecule has 21 heavy (non-hydrogen) atoms. The van der Waals surface area contributed by atoms with Crippen molar-refractivity contribution in [3.05, 3.63) is 34.0 Å². The van der Waals surface area contributed by atoms with Crippen molar-refractivity contribution in [3.8, 4) is 0 Å². The minimum Gasteiger partial charge on any atom is -0.384 e. The van der Waals surface area contributed by atoms with Crippen LogP contribution in [0, 0.1) is 0 Å². The number of nitrogens with zero attached hydrogens (tertiary/aromatic N) is 3. The number of aromatic amines is 1. The summed E-state index contributed by atoms with van der Waals surface area (Å²) in [5.41, 5.74) is 6.49. The number of nitrogens with two attached hydrogens (primary N) is 1. The first-order valence-corrected chi connectivity index (χ1v) is 7.88. The first-order chi connectivity index (χ1) is 10.1. The molecule has 0 amide bonds. The van der Waals surface area contributed by atoms with Crippen LogP contribution in [-0.4, -0.2) is 19.9 Å². The Balaban J connectivity index is 1.87. The summed E-state index contributed by atoms with van der Waals surface area (Å²) in [7, 11) is 0. The first kappa shape index (κ1) is 14.1. The molecule has 0 unspecified atom stereocenters. The Morgan fingerprint density at radius 3 is 2.86 bits per heavy atom. The second-order valence-corrected chi connectivity index (χ2v) is 6.17. The third-order valence-corrected chi connectivity index (χ3v) is 3.97. The van der Waals surface area contributed by atoms with Gasteiger partial charge in [0.2, 0.25) is 0 Å². The maximum Gasteiger partial charge on any atom is 0.251 e. The van der Waals surface area contributed by atoms with E-state index in [2.05, 4.69) is 26.9 Å². The van der Waals surface area contributed by atoms with Crippen LogP contribution in [0.5, 0.6) is 0 Å². The number of hydrogen-bond donors (Lipinski definition) is 2. The smallest absolute Gasteiger partial charge is 0.251 e. The number of aromatic nitrogens is 4. The lowest BCUT2D eigenvalue weighted by molar-refractivity contribution is 0.813. The maximum atomic E-state index is 11.7. The Hall–Kier alpha value is -1.89. The molecule has 0 spiro atoms. The zero-order valence-electron chi connectivity index (χ0n) is 11.8. The molecule has 0 aliphatic heterocycles. The van der Waals surface area contributed by atoms with Gasteiger partial charge in [0.25, 0.3) is 5.56 Å². The van der Waals surface area contributed by atoms with Crippen molar-refractivity contribution in [1.82, 2.24) is 19.9 Å². The molecule has 6 nitrogen and oxygen atoms in total. The molecule has 1 aliphatic carbocycles. The highest BCUT2D eigenvalue weighted by atomic mass is 32.2. The van der Waals surface area contributed by atoms with Gasteiger partial charge in [-0.15, -0.1) is 0 Å². The van der Waals surface area contributed by atoms with Gasteiger partial charge in [0.1, 0.15) is 16.7 Å². The van der Waals surface area contributed by atoms with Gasteiger partial charge in [-0.1, -0.05) is 13.3 Å². The highest BCUT2D eigenvalue weighted by Gasteiger charge is 2.27. The monoisotopic (exact) mass is 303 g/mol. The fourth-order valence-corrected chi connectivity index (χ4v) is 2.88. The molecule has 110 valence electrons. The zero-order valence-corrected chi connectivity index (χ0v) is 12.6. The van der Waals surface area contributed by atoms with Gasteiger partial charge in [0.05, 0.1) is 0 Å². The fraction of sp³-hybridized carbons (Fsp3) is 0.429. The molecule has 3 rings (SSSR count). The van der Waals surface area contributed by atoms with E-state index in [1.54, 1.807) is 6.07 Å². The number of aryl methyl sites for hydroxylation is 1. The van der Waals surface area contributed by atoms with E-state index in [1.807, 2.05) is 0 Å². The molecule has 1 aliphatic rings. The van der Waals surface area contributed by atoms with E-state index < -0.39 is 0 Å². The van der Waals surface area contributed by atoms with Crippen molar-refractivity contribution < 1.29 is 0 Å². The van der Waals surface area contributed by atoms with Gasteiger partial charge < -0.3 is 10.7 Å². The summed E-state index contributed by atoms with van der Waals surface area (Å²) in [5.74, 6) is 1.69. The number of rotatable bonds is 5. The molecule has 2 heterocycles. The molecule has 0 bridgehead atoms. The minimum absolute atomic E-state index is 0.139. The van der Waals surface area contributed by atoms with E-state index >= 15 is 0 Å². The van der Waals surface area contributed by atoms with Crippen LogP contribution < -0.4 is 11.3 Å². The van der Waals surface area contributed by atoms with E-state index in [0.29, 0.717) is 16.9 Å². The number of anilines is 1. The molecule has 7 heteroatoms. The number of nitrogens with one attached hydrogen (secondary N) is 1. The average molecular weight is 303 g/mol. The topological polar surface area (TPSA) is 97.5 Å². The largest absolute Gasteiger partial charge is 0.384 e. The van der Waals surface area contributed by atoms with Gasteiger partial charge in [-0.2, -0.15) is 0 Å². The molecule has 2 aromatic heterocycles. The van der Waals surface area contributed by atoms with Crippen LogP contribution in [0.2, 0.25) is 0 Å². The van der Waals surface area contributed by atoms with Crippen molar-refractivity contribution in [2.24, 2.45) is 0 Å². The summed E-state index contributed by atoms with van der Waals surface area (Å²) < 4.78 is 0. The van der Waals surface area contributed by atoms with Gasteiger partial charge in [0.15, 0.2) is 5.16 Å². The lowest BCUT2D eigenvalue weighted by Gasteiger charge is -2.05. The normalized spacial score (nSPS) is 14.3. The van der Waals surface area contributed by atoms with Gasteiger partial charge in [-0.25, -0.2) is 15.0 Å². The molecule has 0 radical (unpaired) electrons. The quantitative estimate of drug-likeness (QED) is 0.648. The fourth-order valence-electron chi connectivity index (χ4n) is 2.05. The number of H-pyrrole nitrogens is 1. The van der Waals surface area contributed by atoms with Crippen LogP contribution in [0.15, 0.2) is 27.1 Å². The highest BCUT2D eigenvalue weighted by molar-refractivity contribution is 7.99. The molecule has 0 saturated heterocycles.